The summed E-state index contributed by atoms with van der Waals surface area (Å²) in [5, 5.41) is 8.65. The molecule has 0 saturated carbocycles. The van der Waals surface area contributed by atoms with Crippen LogP contribution in [0.25, 0.3) is 0 Å². The number of hydrogen-bond donors (Lipinski definition) is 1. The minimum Gasteiger partial charge on any atom is -0.492 e. The highest BCUT2D eigenvalue weighted by molar-refractivity contribution is 5.67. The van der Waals surface area contributed by atoms with Crippen LogP contribution in [0.2, 0.25) is 0 Å². The number of hydrogen-bond acceptors (Lipinski definition) is 3. The van der Waals surface area contributed by atoms with E-state index in [2.05, 4.69) is 4.90 Å². The number of rotatable bonds is 6. The molecular formula is C14H19NO3. The first-order valence-electron chi connectivity index (χ1n) is 6.27. The van der Waals surface area contributed by atoms with Crippen molar-refractivity contribution in [1.29, 1.82) is 0 Å². The van der Waals surface area contributed by atoms with Gasteiger partial charge >= 0.3 is 5.97 Å². The molecule has 0 aromatic heterocycles. The summed E-state index contributed by atoms with van der Waals surface area (Å²) in [5.74, 6) is 0.553. The number of para-hydroxylation sites is 1. The Morgan fingerprint density at radius 2 is 2.17 bits per heavy atom. The van der Waals surface area contributed by atoms with Crippen LogP contribution in [0, 0.1) is 12.8 Å². The Labute approximate surface area is 107 Å². The summed E-state index contributed by atoms with van der Waals surface area (Å²) in [4.78, 5) is 12.7. The van der Waals surface area contributed by atoms with Crippen molar-refractivity contribution in [2.24, 2.45) is 5.92 Å². The molecule has 1 aliphatic heterocycles. The highest BCUT2D eigenvalue weighted by Gasteiger charge is 2.27. The van der Waals surface area contributed by atoms with Crippen molar-refractivity contribution in [2.45, 2.75) is 13.3 Å². The van der Waals surface area contributed by atoms with E-state index in [9.17, 15) is 4.79 Å². The van der Waals surface area contributed by atoms with Gasteiger partial charge in [-0.2, -0.15) is 0 Å². The largest absolute Gasteiger partial charge is 0.492 e. The molecule has 18 heavy (non-hydrogen) atoms. The highest BCUT2D eigenvalue weighted by Crippen LogP contribution is 2.19. The van der Waals surface area contributed by atoms with Gasteiger partial charge in [-0.05, 0) is 24.5 Å². The van der Waals surface area contributed by atoms with Crippen molar-refractivity contribution in [3.63, 3.8) is 0 Å². The Morgan fingerprint density at radius 3 is 2.83 bits per heavy atom. The number of aryl methyl sites for hydroxylation is 1. The maximum atomic E-state index is 10.5. The van der Waals surface area contributed by atoms with Gasteiger partial charge in [0.2, 0.25) is 0 Å². The molecule has 0 unspecified atom stereocenters. The molecular weight excluding hydrogens is 230 g/mol. The van der Waals surface area contributed by atoms with Crippen LogP contribution in [0.1, 0.15) is 12.0 Å². The average molecular weight is 249 g/mol. The third-order valence-electron chi connectivity index (χ3n) is 3.25. The minimum atomic E-state index is -0.698. The first kappa shape index (κ1) is 12.9. The summed E-state index contributed by atoms with van der Waals surface area (Å²) in [6, 6.07) is 7.96. The van der Waals surface area contributed by atoms with E-state index >= 15 is 0 Å². The highest BCUT2D eigenvalue weighted by atomic mass is 16.5. The maximum Gasteiger partial charge on any atom is 0.303 e. The lowest BCUT2D eigenvalue weighted by Gasteiger charge is -2.38. The van der Waals surface area contributed by atoms with Crippen LogP contribution < -0.4 is 4.74 Å². The first-order chi connectivity index (χ1) is 8.65. The van der Waals surface area contributed by atoms with Gasteiger partial charge in [-0.3, -0.25) is 9.69 Å². The predicted octanol–water partition coefficient (Wildman–Crippen LogP) is 1.78. The fourth-order valence-electron chi connectivity index (χ4n) is 2.24. The normalized spacial score (nSPS) is 16.3. The third kappa shape index (κ3) is 3.47. The van der Waals surface area contributed by atoms with Gasteiger partial charge in [0, 0.05) is 19.6 Å². The SMILES string of the molecule is Cc1ccccc1OCCN1CC(CC(=O)O)C1. The number of carboxylic acid groups (broad SMARTS) is 1. The van der Waals surface area contributed by atoms with Gasteiger partial charge in [0.25, 0.3) is 0 Å². The van der Waals surface area contributed by atoms with Crippen molar-refractivity contribution in [3.8, 4) is 5.75 Å². The molecule has 4 heteroatoms. The van der Waals surface area contributed by atoms with Crippen molar-refractivity contribution < 1.29 is 14.6 Å². The van der Waals surface area contributed by atoms with Crippen molar-refractivity contribution in [3.05, 3.63) is 29.8 Å². The molecule has 98 valence electrons. The Hall–Kier alpha value is -1.55. The van der Waals surface area contributed by atoms with Gasteiger partial charge in [-0.15, -0.1) is 0 Å². The maximum absolute atomic E-state index is 10.5. The lowest BCUT2D eigenvalue weighted by molar-refractivity contribution is -0.139. The lowest BCUT2D eigenvalue weighted by atomic mass is 9.97. The molecule has 1 aromatic rings. The summed E-state index contributed by atoms with van der Waals surface area (Å²) < 4.78 is 5.70. The Balaban J connectivity index is 1.63. The lowest BCUT2D eigenvalue weighted by Crippen LogP contribution is -2.48. The van der Waals surface area contributed by atoms with E-state index in [0.29, 0.717) is 12.5 Å². The van der Waals surface area contributed by atoms with Gasteiger partial charge in [-0.25, -0.2) is 0 Å². The standard InChI is InChI=1S/C14H19NO3/c1-11-4-2-3-5-13(11)18-7-6-15-9-12(10-15)8-14(16)17/h2-5,12H,6-10H2,1H3,(H,16,17). The number of carbonyl (C=O) groups is 1. The topological polar surface area (TPSA) is 49.8 Å². The summed E-state index contributed by atoms with van der Waals surface area (Å²) in [5.41, 5.74) is 1.14. The fraction of sp³-hybridized carbons (Fsp3) is 0.500. The molecule has 2 rings (SSSR count). The van der Waals surface area contributed by atoms with E-state index in [1.807, 2.05) is 31.2 Å². The Bertz CT molecular complexity index is 413. The van der Waals surface area contributed by atoms with E-state index in [0.717, 1.165) is 30.9 Å². The number of aliphatic carboxylic acids is 1. The van der Waals surface area contributed by atoms with Gasteiger partial charge in [0.1, 0.15) is 12.4 Å². The molecule has 1 fully saturated rings. The van der Waals surface area contributed by atoms with Crippen LogP contribution in [0.4, 0.5) is 0 Å². The van der Waals surface area contributed by atoms with Crippen LogP contribution >= 0.6 is 0 Å². The molecule has 1 aliphatic rings. The molecule has 0 bridgehead atoms. The average Bonchev–Trinajstić information content (AvgIpc) is 2.27. The second-order valence-corrected chi connectivity index (χ2v) is 4.84. The molecule has 1 N–H and O–H groups in total. The van der Waals surface area contributed by atoms with Gasteiger partial charge in [0.15, 0.2) is 0 Å². The van der Waals surface area contributed by atoms with Crippen molar-refractivity contribution >= 4 is 5.97 Å². The predicted molar refractivity (Wildman–Crippen MR) is 68.9 cm³/mol. The zero-order valence-electron chi connectivity index (χ0n) is 10.6. The van der Waals surface area contributed by atoms with Gasteiger partial charge in [0.05, 0.1) is 6.42 Å². The van der Waals surface area contributed by atoms with Crippen molar-refractivity contribution in [2.75, 3.05) is 26.2 Å². The smallest absolute Gasteiger partial charge is 0.303 e. The number of carboxylic acids is 1. The van der Waals surface area contributed by atoms with Crippen LogP contribution in [0.3, 0.4) is 0 Å². The van der Waals surface area contributed by atoms with Crippen LogP contribution in [-0.4, -0.2) is 42.2 Å². The van der Waals surface area contributed by atoms with E-state index in [1.54, 1.807) is 0 Å². The number of ether oxygens (including phenoxy) is 1. The zero-order chi connectivity index (χ0) is 13.0. The van der Waals surface area contributed by atoms with Crippen molar-refractivity contribution in [1.82, 2.24) is 4.90 Å². The summed E-state index contributed by atoms with van der Waals surface area (Å²) in [6.07, 6.45) is 0.287. The second kappa shape index (κ2) is 5.87. The van der Waals surface area contributed by atoms with E-state index in [1.165, 1.54) is 0 Å². The molecule has 1 aromatic carbocycles. The quantitative estimate of drug-likeness (QED) is 0.835. The third-order valence-corrected chi connectivity index (χ3v) is 3.25. The van der Waals surface area contributed by atoms with Crippen LogP contribution in [-0.2, 0) is 4.79 Å². The van der Waals surface area contributed by atoms with Crippen LogP contribution in [0.5, 0.6) is 5.75 Å². The molecule has 0 radical (unpaired) electrons. The second-order valence-electron chi connectivity index (χ2n) is 4.84. The van der Waals surface area contributed by atoms with E-state index in [4.69, 9.17) is 9.84 Å². The molecule has 1 saturated heterocycles. The van der Waals surface area contributed by atoms with Crippen LogP contribution in [0.15, 0.2) is 24.3 Å². The Morgan fingerprint density at radius 1 is 1.44 bits per heavy atom. The fourth-order valence-corrected chi connectivity index (χ4v) is 2.24. The van der Waals surface area contributed by atoms with E-state index < -0.39 is 5.97 Å². The summed E-state index contributed by atoms with van der Waals surface area (Å²) >= 11 is 0. The first-order valence-corrected chi connectivity index (χ1v) is 6.27. The molecule has 0 amide bonds. The zero-order valence-corrected chi connectivity index (χ0v) is 10.6. The van der Waals surface area contributed by atoms with Gasteiger partial charge in [-0.1, -0.05) is 18.2 Å². The molecule has 4 nitrogen and oxygen atoms in total. The number of likely N-dealkylation sites (tertiary alicyclic amines) is 1. The molecule has 0 aliphatic carbocycles. The number of benzene rings is 1. The molecule has 1 heterocycles. The van der Waals surface area contributed by atoms with Gasteiger partial charge < -0.3 is 9.84 Å². The van der Waals surface area contributed by atoms with E-state index in [-0.39, 0.29) is 6.42 Å². The summed E-state index contributed by atoms with van der Waals surface area (Å²) in [7, 11) is 0. The Kier molecular flexibility index (Phi) is 4.20. The summed E-state index contributed by atoms with van der Waals surface area (Å²) in [6.45, 7) is 5.31. The number of nitrogens with zero attached hydrogens (tertiary/aromatic N) is 1. The molecule has 0 spiro atoms. The minimum absolute atomic E-state index is 0.287. The monoisotopic (exact) mass is 249 g/mol. The molecule has 0 atom stereocenters.